The molecule has 20 heavy (non-hydrogen) atoms. The summed E-state index contributed by atoms with van der Waals surface area (Å²) < 4.78 is 5.63. The Balaban J connectivity index is 2.70. The maximum Gasteiger partial charge on any atom is 0.335 e. The summed E-state index contributed by atoms with van der Waals surface area (Å²) >= 11 is 0. The average molecular weight is 276 g/mol. The molecule has 108 valence electrons. The SMILES string of the molecule is C=CC(=O)C(CCCCC)Oc1ccc(C(=O)O)cc1. The fraction of sp³-hybridized carbons (Fsp3) is 0.375. The Hall–Kier alpha value is -2.10. The topological polar surface area (TPSA) is 63.6 Å². The zero-order valence-corrected chi connectivity index (χ0v) is 11.7. The first kappa shape index (κ1) is 16.0. The van der Waals surface area contributed by atoms with Gasteiger partial charge in [-0.3, -0.25) is 4.79 Å². The molecule has 4 heteroatoms. The molecule has 0 fully saturated rings. The number of ether oxygens (including phenoxy) is 1. The first-order valence-corrected chi connectivity index (χ1v) is 6.74. The molecule has 0 saturated heterocycles. The van der Waals surface area contributed by atoms with E-state index in [0.717, 1.165) is 19.3 Å². The van der Waals surface area contributed by atoms with E-state index < -0.39 is 12.1 Å². The quantitative estimate of drug-likeness (QED) is 0.554. The molecule has 0 spiro atoms. The van der Waals surface area contributed by atoms with Crippen LogP contribution >= 0.6 is 0 Å². The Kier molecular flexibility index (Phi) is 6.50. The van der Waals surface area contributed by atoms with E-state index in [1.165, 1.54) is 18.2 Å². The Bertz CT molecular complexity index is 462. The van der Waals surface area contributed by atoms with Gasteiger partial charge in [-0.15, -0.1) is 0 Å². The fourth-order valence-electron chi connectivity index (χ4n) is 1.81. The van der Waals surface area contributed by atoms with Gasteiger partial charge >= 0.3 is 5.97 Å². The van der Waals surface area contributed by atoms with E-state index in [2.05, 4.69) is 13.5 Å². The van der Waals surface area contributed by atoms with Crippen LogP contribution in [0.3, 0.4) is 0 Å². The Labute approximate surface area is 119 Å². The van der Waals surface area contributed by atoms with Gasteiger partial charge in [-0.1, -0.05) is 26.3 Å². The molecule has 4 nitrogen and oxygen atoms in total. The van der Waals surface area contributed by atoms with Crippen LogP contribution in [0, 0.1) is 0 Å². The van der Waals surface area contributed by atoms with Crippen molar-refractivity contribution in [2.45, 2.75) is 38.7 Å². The molecule has 1 unspecified atom stereocenters. The van der Waals surface area contributed by atoms with Crippen molar-refractivity contribution in [3.05, 3.63) is 42.5 Å². The highest BCUT2D eigenvalue weighted by Crippen LogP contribution is 2.17. The van der Waals surface area contributed by atoms with Crippen molar-refractivity contribution in [2.75, 3.05) is 0 Å². The van der Waals surface area contributed by atoms with Gasteiger partial charge in [0, 0.05) is 0 Å². The summed E-state index contributed by atoms with van der Waals surface area (Å²) in [6.07, 6.45) is 4.38. The second-order valence-corrected chi connectivity index (χ2v) is 4.54. The summed E-state index contributed by atoms with van der Waals surface area (Å²) in [6.45, 7) is 5.57. The largest absolute Gasteiger partial charge is 0.482 e. The van der Waals surface area contributed by atoms with Gasteiger partial charge in [0.1, 0.15) is 5.75 Å². The minimum absolute atomic E-state index is 0.150. The summed E-state index contributed by atoms with van der Waals surface area (Å²) in [7, 11) is 0. The number of ketones is 1. The highest BCUT2D eigenvalue weighted by Gasteiger charge is 2.17. The van der Waals surface area contributed by atoms with Crippen LogP contribution in [-0.2, 0) is 4.79 Å². The van der Waals surface area contributed by atoms with Crippen molar-refractivity contribution >= 4 is 11.8 Å². The fourth-order valence-corrected chi connectivity index (χ4v) is 1.81. The number of carbonyl (C=O) groups excluding carboxylic acids is 1. The minimum Gasteiger partial charge on any atom is -0.482 e. The van der Waals surface area contributed by atoms with Crippen molar-refractivity contribution in [1.29, 1.82) is 0 Å². The third kappa shape index (κ3) is 4.88. The molecular weight excluding hydrogens is 256 g/mol. The van der Waals surface area contributed by atoms with Crippen LogP contribution in [-0.4, -0.2) is 23.0 Å². The number of hydrogen-bond acceptors (Lipinski definition) is 3. The second kappa shape index (κ2) is 8.15. The summed E-state index contributed by atoms with van der Waals surface area (Å²) in [5, 5.41) is 8.82. The molecule has 0 bridgehead atoms. The zero-order valence-electron chi connectivity index (χ0n) is 11.7. The van der Waals surface area contributed by atoms with Crippen molar-refractivity contribution in [3.63, 3.8) is 0 Å². The van der Waals surface area contributed by atoms with E-state index in [4.69, 9.17) is 9.84 Å². The normalized spacial score (nSPS) is 11.7. The molecule has 0 heterocycles. The predicted molar refractivity (Wildman–Crippen MR) is 77.2 cm³/mol. The van der Waals surface area contributed by atoms with E-state index >= 15 is 0 Å². The molecule has 0 saturated carbocycles. The molecule has 0 aliphatic rings. The lowest BCUT2D eigenvalue weighted by Crippen LogP contribution is -2.25. The monoisotopic (exact) mass is 276 g/mol. The molecule has 0 aliphatic heterocycles. The van der Waals surface area contributed by atoms with Crippen molar-refractivity contribution in [2.24, 2.45) is 0 Å². The molecule has 1 aromatic carbocycles. The molecule has 0 aliphatic carbocycles. The molecule has 0 aromatic heterocycles. The van der Waals surface area contributed by atoms with Gasteiger partial charge in [-0.2, -0.15) is 0 Å². The lowest BCUT2D eigenvalue weighted by Gasteiger charge is -2.16. The van der Waals surface area contributed by atoms with Crippen LogP contribution in [0.4, 0.5) is 0 Å². The third-order valence-corrected chi connectivity index (χ3v) is 2.97. The van der Waals surface area contributed by atoms with E-state index in [-0.39, 0.29) is 11.3 Å². The number of carboxylic acid groups (broad SMARTS) is 1. The molecular formula is C16H20O4. The Morgan fingerprint density at radius 1 is 1.30 bits per heavy atom. The van der Waals surface area contributed by atoms with Crippen LogP contribution in [0.25, 0.3) is 0 Å². The van der Waals surface area contributed by atoms with Gasteiger partial charge in [-0.25, -0.2) is 4.79 Å². The van der Waals surface area contributed by atoms with Crippen LogP contribution in [0.2, 0.25) is 0 Å². The highest BCUT2D eigenvalue weighted by molar-refractivity contribution is 5.93. The van der Waals surface area contributed by atoms with Crippen molar-refractivity contribution in [1.82, 2.24) is 0 Å². The van der Waals surface area contributed by atoms with Gasteiger partial charge in [0.2, 0.25) is 0 Å². The number of carboxylic acids is 1. The standard InChI is InChI=1S/C16H20O4/c1-3-5-6-7-15(14(17)4-2)20-13-10-8-12(9-11-13)16(18)19/h4,8-11,15H,2-3,5-7H2,1H3,(H,18,19). The zero-order chi connectivity index (χ0) is 15.0. The highest BCUT2D eigenvalue weighted by atomic mass is 16.5. The lowest BCUT2D eigenvalue weighted by molar-refractivity contribution is -0.121. The van der Waals surface area contributed by atoms with Crippen LogP contribution in [0.1, 0.15) is 43.0 Å². The molecule has 1 aromatic rings. The molecule has 0 amide bonds. The van der Waals surface area contributed by atoms with Crippen molar-refractivity contribution in [3.8, 4) is 5.75 Å². The summed E-state index contributed by atoms with van der Waals surface area (Å²) in [6, 6.07) is 6.04. The molecule has 1 N–H and O–H groups in total. The first-order chi connectivity index (χ1) is 9.58. The van der Waals surface area contributed by atoms with Gasteiger partial charge in [-0.05, 0) is 43.2 Å². The first-order valence-electron chi connectivity index (χ1n) is 6.74. The third-order valence-electron chi connectivity index (χ3n) is 2.97. The van der Waals surface area contributed by atoms with Crippen LogP contribution in [0.15, 0.2) is 36.9 Å². The Morgan fingerprint density at radius 2 is 1.95 bits per heavy atom. The Morgan fingerprint density at radius 3 is 2.45 bits per heavy atom. The van der Waals surface area contributed by atoms with Gasteiger partial charge in [0.25, 0.3) is 0 Å². The minimum atomic E-state index is -0.988. The molecule has 1 rings (SSSR count). The van der Waals surface area contributed by atoms with E-state index in [1.807, 2.05) is 0 Å². The number of rotatable bonds is 9. The predicted octanol–water partition coefficient (Wildman–Crippen LogP) is 3.47. The van der Waals surface area contributed by atoms with Crippen LogP contribution in [0.5, 0.6) is 5.75 Å². The van der Waals surface area contributed by atoms with Crippen LogP contribution < -0.4 is 4.74 Å². The summed E-state index contributed by atoms with van der Waals surface area (Å²) in [5.74, 6) is -0.645. The number of aromatic carboxylic acids is 1. The van der Waals surface area contributed by atoms with Gasteiger partial charge in [0.15, 0.2) is 11.9 Å². The van der Waals surface area contributed by atoms with E-state index in [9.17, 15) is 9.59 Å². The van der Waals surface area contributed by atoms with Crippen molar-refractivity contribution < 1.29 is 19.4 Å². The average Bonchev–Trinajstić information content (AvgIpc) is 2.46. The van der Waals surface area contributed by atoms with Gasteiger partial charge < -0.3 is 9.84 Å². The second-order valence-electron chi connectivity index (χ2n) is 4.54. The summed E-state index contributed by atoms with van der Waals surface area (Å²) in [5.41, 5.74) is 0.190. The van der Waals surface area contributed by atoms with E-state index in [1.54, 1.807) is 12.1 Å². The summed E-state index contributed by atoms with van der Waals surface area (Å²) in [4.78, 5) is 22.5. The molecule has 0 radical (unpaired) electrons. The number of unbranched alkanes of at least 4 members (excludes halogenated alkanes) is 2. The van der Waals surface area contributed by atoms with E-state index in [0.29, 0.717) is 12.2 Å². The lowest BCUT2D eigenvalue weighted by atomic mass is 10.1. The maximum absolute atomic E-state index is 11.7. The smallest absolute Gasteiger partial charge is 0.335 e. The molecule has 1 atom stereocenters. The maximum atomic E-state index is 11.7. The number of benzene rings is 1. The number of carbonyl (C=O) groups is 2. The number of hydrogen-bond donors (Lipinski definition) is 1. The van der Waals surface area contributed by atoms with Gasteiger partial charge in [0.05, 0.1) is 5.56 Å².